The fourth-order valence-corrected chi connectivity index (χ4v) is 18.2. The van der Waals surface area contributed by atoms with E-state index in [0.717, 1.165) is 77.0 Å². The van der Waals surface area contributed by atoms with Gasteiger partial charge in [0.05, 0.1) is 69.6 Å². The molecular weight excluding hydrogens is 926 g/mol. The Kier molecular flexibility index (Phi) is 17.1. The van der Waals surface area contributed by atoms with Gasteiger partial charge in [-0.2, -0.15) is 10.2 Å². The van der Waals surface area contributed by atoms with Crippen molar-refractivity contribution in [3.63, 3.8) is 0 Å². The second-order valence-corrected chi connectivity index (χ2v) is 24.8. The average Bonchev–Trinajstić information content (AvgIpc) is 4.13. The van der Waals surface area contributed by atoms with Crippen LogP contribution in [0.4, 0.5) is 4.39 Å². The predicted molar refractivity (Wildman–Crippen MR) is 268 cm³/mol. The summed E-state index contributed by atoms with van der Waals surface area (Å²) in [6.07, 6.45) is 24.4. The molecule has 9 N–H and O–H groups in total. The first-order valence-corrected chi connectivity index (χ1v) is 26.5. The summed E-state index contributed by atoms with van der Waals surface area (Å²) in [4.78, 5) is 49.1. The first-order chi connectivity index (χ1) is 33.6. The van der Waals surface area contributed by atoms with Crippen LogP contribution in [0.25, 0.3) is 0 Å². The van der Waals surface area contributed by atoms with Crippen molar-refractivity contribution in [2.75, 3.05) is 34.6 Å². The normalized spacial score (nSPS) is 41.4. The molecular formula is C55H88FN5O11. The molecule has 0 unspecified atom stereocenters. The molecule has 16 atom stereocenters. The number of aromatic nitrogens is 4. The number of halogens is 1. The van der Waals surface area contributed by atoms with Crippen molar-refractivity contribution < 1.29 is 60.3 Å². The molecule has 10 rings (SSSR count). The van der Waals surface area contributed by atoms with Crippen LogP contribution < -0.4 is 6.15 Å². The van der Waals surface area contributed by atoms with Crippen LogP contribution in [-0.2, 0) is 32.2 Å². The highest BCUT2D eigenvalue weighted by Gasteiger charge is 2.64. The summed E-state index contributed by atoms with van der Waals surface area (Å²) in [7, 11) is 2.36. The number of aliphatic hydroxyl groups is 2. The van der Waals surface area contributed by atoms with Gasteiger partial charge < -0.3 is 41.5 Å². The third-order valence-electron chi connectivity index (χ3n) is 21.6. The molecule has 72 heavy (non-hydrogen) atoms. The fraction of sp³-hybridized carbons (Fsp3) is 0.818. The van der Waals surface area contributed by atoms with E-state index in [4.69, 9.17) is 21.1 Å². The molecule has 16 nitrogen and oxygen atoms in total. The summed E-state index contributed by atoms with van der Waals surface area (Å²) in [6, 6.07) is 0. The number of ketones is 2. The van der Waals surface area contributed by atoms with Crippen molar-refractivity contribution in [2.24, 2.45) is 80.8 Å². The quantitative estimate of drug-likeness (QED) is 0.134. The summed E-state index contributed by atoms with van der Waals surface area (Å²) in [5.74, 6) is 3.34. The first kappa shape index (κ1) is 56.1. The average molecular weight is 1020 g/mol. The fourth-order valence-electron chi connectivity index (χ4n) is 18.2. The Labute approximate surface area is 427 Å². The number of alkyl halides is 1. The van der Waals surface area contributed by atoms with Gasteiger partial charge in [0.15, 0.2) is 11.6 Å². The lowest BCUT2D eigenvalue weighted by atomic mass is 9.44. The van der Waals surface area contributed by atoms with Crippen LogP contribution in [-0.4, -0.2) is 115 Å². The lowest BCUT2D eigenvalue weighted by Crippen LogP contribution is -2.56. The molecule has 0 bridgehead atoms. The second-order valence-electron chi connectivity index (χ2n) is 24.8. The molecule has 8 saturated carbocycles. The van der Waals surface area contributed by atoms with Crippen LogP contribution in [0, 0.1) is 80.8 Å². The van der Waals surface area contributed by atoms with E-state index in [1.807, 2.05) is 0 Å². The number of nitrogens with zero attached hydrogens (tertiary/aromatic N) is 4. The Morgan fingerprint density at radius 2 is 0.972 bits per heavy atom. The van der Waals surface area contributed by atoms with Crippen molar-refractivity contribution in [1.29, 1.82) is 0 Å². The number of carbonyl (C=O) groups is 4. The molecule has 0 spiro atoms. The Morgan fingerprint density at radius 3 is 1.31 bits per heavy atom. The summed E-state index contributed by atoms with van der Waals surface area (Å²) in [5.41, 5.74) is -0.508. The van der Waals surface area contributed by atoms with Crippen molar-refractivity contribution in [2.45, 2.75) is 168 Å². The van der Waals surface area contributed by atoms with E-state index in [0.29, 0.717) is 60.6 Å². The number of carboxylic acids is 2. The number of methoxy groups -OCH3 is 2. The first-order valence-electron chi connectivity index (χ1n) is 27.2. The largest absolute Gasteiger partial charge is 0.478 e. The van der Waals surface area contributed by atoms with E-state index in [-0.39, 0.29) is 80.9 Å². The second kappa shape index (κ2) is 21.9. The number of aromatic carboxylic acids is 2. The van der Waals surface area contributed by atoms with E-state index in [1.165, 1.54) is 72.7 Å². The summed E-state index contributed by atoms with van der Waals surface area (Å²) in [5, 5.41) is 48.6. The number of Topliss-reactive ketones (excluding diaryl/α,β-unsaturated/α-hetero) is 2. The molecule has 0 amide bonds. The minimum absolute atomic E-state index is 0. The van der Waals surface area contributed by atoms with Crippen LogP contribution in [0.15, 0.2) is 24.8 Å². The molecule has 8 aliphatic carbocycles. The van der Waals surface area contributed by atoms with Crippen LogP contribution in [0.2, 0.25) is 0 Å². The highest BCUT2D eigenvalue weighted by atomic mass is 19.1. The zero-order valence-electron chi connectivity index (χ0n) is 45.0. The van der Waals surface area contributed by atoms with Crippen LogP contribution in [0.1, 0.15) is 165 Å². The van der Waals surface area contributed by atoms with Crippen LogP contribution in [0.3, 0.4) is 0 Å². The standard InChI is InChI=1S/2C27H40N2O5.CH3F.H3N.H2O/c2*1-25-10-11-27(33,16-34-3)12-18(25)4-5-19-20-6-7-22(26(20,2)9-8-21(19)25)23(30)15-29-14-17(13-28-29)24(31)32;1-2;;/h2*13-14,18-22,33H,4-12,15-16H2,1-3H3,(H,31,32);1H3;1H3;1H2/t2*18-,19-,20-,21-,22+,25-,26-,27+;;;/m00.../s1/i;;1D;;. The van der Waals surface area contributed by atoms with E-state index < -0.39 is 30.3 Å². The highest BCUT2D eigenvalue weighted by Crippen LogP contribution is 2.70. The molecule has 406 valence electrons. The predicted octanol–water partition coefficient (Wildman–Crippen LogP) is 8.30. The van der Waals surface area contributed by atoms with Crippen LogP contribution in [0.5, 0.6) is 0 Å². The molecule has 0 aromatic carbocycles. The Bertz CT molecular complexity index is 2110. The molecule has 8 aliphatic rings. The van der Waals surface area contributed by atoms with Gasteiger partial charge >= 0.3 is 11.9 Å². The van der Waals surface area contributed by atoms with Gasteiger partial charge in [-0.25, -0.2) is 9.59 Å². The molecule has 0 aliphatic heterocycles. The van der Waals surface area contributed by atoms with Crippen molar-refractivity contribution >= 4 is 23.5 Å². The van der Waals surface area contributed by atoms with E-state index in [1.54, 1.807) is 14.2 Å². The minimum atomic E-state index is -1.02. The van der Waals surface area contributed by atoms with Crippen molar-refractivity contribution in [1.82, 2.24) is 25.7 Å². The smallest absolute Gasteiger partial charge is 0.338 e. The molecule has 0 saturated heterocycles. The number of hydrogen-bond donors (Lipinski definition) is 5. The number of rotatable bonds is 12. The van der Waals surface area contributed by atoms with Crippen molar-refractivity contribution in [3.8, 4) is 0 Å². The number of hydrogen-bond acceptors (Lipinski definition) is 11. The molecule has 17 heteroatoms. The molecule has 2 aromatic rings. The van der Waals surface area contributed by atoms with Crippen molar-refractivity contribution in [3.05, 3.63) is 35.9 Å². The van der Waals surface area contributed by atoms with Crippen LogP contribution >= 0.6 is 0 Å². The van der Waals surface area contributed by atoms with Gasteiger partial charge in [0.1, 0.15) is 0 Å². The summed E-state index contributed by atoms with van der Waals surface area (Å²) in [6.45, 7) is 10.9. The van der Waals surface area contributed by atoms with Gasteiger partial charge in [-0.15, -0.1) is 0 Å². The van der Waals surface area contributed by atoms with Gasteiger partial charge in [-0.3, -0.25) is 23.3 Å². The minimum Gasteiger partial charge on any atom is -0.478 e. The maximum Gasteiger partial charge on any atom is 0.338 e. The number of ether oxygens (including phenoxy) is 2. The molecule has 8 fully saturated rings. The Balaban J connectivity index is 0.000000220. The lowest BCUT2D eigenvalue weighted by molar-refractivity contribution is -0.164. The Morgan fingerprint density at radius 1 is 0.611 bits per heavy atom. The monoisotopic (exact) mass is 1010 g/mol. The molecule has 2 aromatic heterocycles. The maximum absolute atomic E-state index is 13.4. The third-order valence-corrected chi connectivity index (χ3v) is 21.6. The summed E-state index contributed by atoms with van der Waals surface area (Å²) >= 11 is 0. The van der Waals surface area contributed by atoms with Gasteiger partial charge in [0.25, 0.3) is 0 Å². The number of carbonyl (C=O) groups excluding carboxylic acids is 2. The maximum atomic E-state index is 13.4. The lowest BCUT2D eigenvalue weighted by Gasteiger charge is -2.62. The molecule has 0 radical (unpaired) electrons. The van der Waals surface area contributed by atoms with E-state index >= 15 is 0 Å². The Hall–Kier alpha value is -3.61. The van der Waals surface area contributed by atoms with Gasteiger partial charge in [0, 0.05) is 38.4 Å². The van der Waals surface area contributed by atoms with Gasteiger partial charge in [-0.05, 0) is 185 Å². The van der Waals surface area contributed by atoms with Gasteiger partial charge in [-0.1, -0.05) is 27.7 Å². The van der Waals surface area contributed by atoms with Gasteiger partial charge in [0.2, 0.25) is 0 Å². The topological polar surface area (TPSA) is 270 Å². The summed E-state index contributed by atoms with van der Waals surface area (Å²) < 4.78 is 29.2. The highest BCUT2D eigenvalue weighted by molar-refractivity contribution is 5.88. The molecule has 2 heterocycles. The number of fused-ring (bicyclic) bond motifs is 10. The van der Waals surface area contributed by atoms with E-state index in [2.05, 4.69) is 37.9 Å². The third kappa shape index (κ3) is 10.3. The SMILES string of the molecule is COC[C@@]1(O)CC[C@@]2(C)[C@@H](CC[C@@H]3[C@@H]2CC[C@]2(C)[C@@H](C(=O)Cn4cc(C(=O)O)cn4)CC[C@@H]32)C1.COC[C@@]1(O)CC[C@@]2(C)[C@@H](CC[C@@H]3[C@@H]2CC[C@]2(C)[C@@H](C(=O)Cn4cc(C(=O)O)cn4)CC[C@@H]32)C1.N.O.[2H]CF. The number of carboxylic acid groups (broad SMARTS) is 2. The van der Waals surface area contributed by atoms with E-state index in [9.17, 15) is 33.8 Å². The zero-order valence-corrected chi connectivity index (χ0v) is 44.0. The zero-order chi connectivity index (χ0) is 51.3.